The average molecular weight is 506 g/mol. The molecule has 1 saturated heterocycles. The number of carbonyl (C=O) groups excluding carboxylic acids is 3. The number of carbonyl (C=O) groups is 3. The van der Waals surface area contributed by atoms with Crippen molar-refractivity contribution in [2.75, 3.05) is 19.5 Å². The summed E-state index contributed by atoms with van der Waals surface area (Å²) in [5.74, 6) is -2.00. The zero-order valence-corrected chi connectivity index (χ0v) is 23.9. The van der Waals surface area contributed by atoms with Crippen LogP contribution in [-0.4, -0.2) is 53.3 Å². The number of β-lactam (4-membered cyclic amide) rings is 1. The number of ether oxygens (including phenoxy) is 2. The number of fused-ring (bicyclic) bond motifs is 1. The van der Waals surface area contributed by atoms with Crippen LogP contribution in [0.25, 0.3) is 0 Å². The second kappa shape index (κ2) is 11.6. The zero-order chi connectivity index (χ0) is 21.4. The molecule has 0 aromatic carbocycles. The molecule has 2 amide bonds. The molecule has 1 N–H and O–H groups in total. The number of esters is 1. The van der Waals surface area contributed by atoms with Gasteiger partial charge in [0, 0.05) is 30.2 Å². The molecule has 2 aliphatic heterocycles. The van der Waals surface area contributed by atoms with Crippen molar-refractivity contribution in [3.8, 4) is 0 Å². The first kappa shape index (κ1) is 29.3. The molecule has 0 aliphatic carbocycles. The summed E-state index contributed by atoms with van der Waals surface area (Å²) < 4.78 is 22.0. The monoisotopic (exact) mass is 506 g/mol. The van der Waals surface area contributed by atoms with Gasteiger partial charge >= 0.3 is 65.1 Å². The number of hydrogen-bond donors (Lipinski definition) is 1. The summed E-state index contributed by atoms with van der Waals surface area (Å²) >= 11 is 2.47. The summed E-state index contributed by atoms with van der Waals surface area (Å²) in [7, 11) is -4.16. The minimum Gasteiger partial charge on any atom is -0.806 e. The molecule has 0 saturated carbocycles. The molecule has 0 spiro atoms. The van der Waals surface area contributed by atoms with E-state index in [1.165, 1.54) is 18.4 Å². The summed E-state index contributed by atoms with van der Waals surface area (Å²) in [6.07, 6.45) is 0.0233. The Morgan fingerprint density at radius 1 is 1.39 bits per heavy atom. The van der Waals surface area contributed by atoms with Gasteiger partial charge in [0.2, 0.25) is 5.91 Å². The Kier molecular flexibility index (Phi) is 11.0. The van der Waals surface area contributed by atoms with Crippen molar-refractivity contribution in [2.24, 2.45) is 0 Å². The first-order valence-corrected chi connectivity index (χ1v) is 11.8. The zero-order valence-electron chi connectivity index (χ0n) is 17.4. The summed E-state index contributed by atoms with van der Waals surface area (Å²) in [6.45, 7) is 0.716. The number of thioether (sulfide) groups is 1. The van der Waals surface area contributed by atoms with Gasteiger partial charge in [-0.2, -0.15) is 0 Å². The third kappa shape index (κ3) is 6.06. The number of nitrogens with zero attached hydrogens (tertiary/aromatic N) is 1. The van der Waals surface area contributed by atoms with Crippen molar-refractivity contribution in [2.45, 2.75) is 24.4 Å². The quantitative estimate of drug-likeness (QED) is 0.125. The van der Waals surface area contributed by atoms with Gasteiger partial charge in [0.1, 0.15) is 12.0 Å². The van der Waals surface area contributed by atoms with Gasteiger partial charge in [-0.1, -0.05) is 6.07 Å². The summed E-state index contributed by atoms with van der Waals surface area (Å²) in [5.41, 5.74) is -2.50. The fraction of sp³-hybridized carbons (Fsp3) is 0.438. The number of thiophene rings is 1. The predicted molar refractivity (Wildman–Crippen MR) is 100 cm³/mol. The van der Waals surface area contributed by atoms with Crippen LogP contribution in [0.2, 0.25) is 0 Å². The van der Waals surface area contributed by atoms with Crippen molar-refractivity contribution in [1.29, 1.82) is 0 Å². The molecule has 2 atom stereocenters. The molecule has 31 heavy (non-hydrogen) atoms. The SMILES string of the molecule is CO[C@@]1(NC(=O)Cc2cccs2)C(=O)N2C(P(=O)([O-])[O-])=C(COC(C)=O)CS[C@@H]21.[Na+].[Na+]. The number of rotatable bonds is 7. The Morgan fingerprint density at radius 2 is 2.06 bits per heavy atom. The van der Waals surface area contributed by atoms with Crippen LogP contribution in [0, 0.1) is 0 Å². The van der Waals surface area contributed by atoms with Gasteiger partial charge in [-0.25, -0.2) is 0 Å². The minimum absolute atomic E-state index is 0. The van der Waals surface area contributed by atoms with E-state index in [1.54, 1.807) is 12.1 Å². The molecule has 0 unspecified atom stereocenters. The van der Waals surface area contributed by atoms with Gasteiger partial charge in [-0.3, -0.25) is 19.3 Å². The van der Waals surface area contributed by atoms with Crippen LogP contribution in [0.1, 0.15) is 11.8 Å². The molecule has 158 valence electrons. The van der Waals surface area contributed by atoms with E-state index < -0.39 is 48.5 Å². The molecule has 2 aliphatic rings. The molecular formula is C16H17N2Na2O8PS2. The average Bonchev–Trinajstić information content (AvgIpc) is 3.15. The molecule has 0 radical (unpaired) electrons. The number of methoxy groups -OCH3 is 1. The van der Waals surface area contributed by atoms with E-state index in [9.17, 15) is 28.7 Å². The van der Waals surface area contributed by atoms with E-state index in [4.69, 9.17) is 9.47 Å². The van der Waals surface area contributed by atoms with Crippen LogP contribution in [0.5, 0.6) is 0 Å². The Bertz CT molecular complexity index is 923. The van der Waals surface area contributed by atoms with Gasteiger partial charge in [0.05, 0.1) is 11.9 Å². The molecule has 10 nitrogen and oxygen atoms in total. The summed E-state index contributed by atoms with van der Waals surface area (Å²) in [4.78, 5) is 61.6. The smallest absolute Gasteiger partial charge is 0.806 e. The van der Waals surface area contributed by atoms with Gasteiger partial charge in [0.25, 0.3) is 11.6 Å². The van der Waals surface area contributed by atoms with Crippen LogP contribution in [-0.2, 0) is 34.8 Å². The normalized spacial score (nSPS) is 22.5. The Morgan fingerprint density at radius 3 is 2.58 bits per heavy atom. The van der Waals surface area contributed by atoms with Crippen LogP contribution < -0.4 is 74.2 Å². The second-order valence-corrected chi connectivity index (χ2v) is 9.81. The molecule has 1 aromatic rings. The Balaban J connectivity index is 0.00000240. The van der Waals surface area contributed by atoms with Crippen LogP contribution >= 0.6 is 30.7 Å². The van der Waals surface area contributed by atoms with Crippen molar-refractivity contribution >= 4 is 48.5 Å². The molecule has 15 heteroatoms. The number of nitrogens with one attached hydrogen (secondary N) is 1. The van der Waals surface area contributed by atoms with Crippen LogP contribution in [0.4, 0.5) is 0 Å². The molecule has 1 aromatic heterocycles. The third-order valence-electron chi connectivity index (χ3n) is 4.35. The van der Waals surface area contributed by atoms with Crippen LogP contribution in [0.15, 0.2) is 28.5 Å². The van der Waals surface area contributed by atoms with E-state index in [2.05, 4.69) is 5.32 Å². The van der Waals surface area contributed by atoms with Crippen molar-refractivity contribution in [3.05, 3.63) is 33.4 Å². The van der Waals surface area contributed by atoms with Crippen molar-refractivity contribution in [1.82, 2.24) is 10.2 Å². The minimum atomic E-state index is -5.37. The van der Waals surface area contributed by atoms with Crippen molar-refractivity contribution < 1.29 is 97.3 Å². The fourth-order valence-corrected chi connectivity index (χ4v) is 6.43. The van der Waals surface area contributed by atoms with E-state index in [0.717, 1.165) is 28.5 Å². The molecule has 3 heterocycles. The molecular weight excluding hydrogens is 489 g/mol. The summed E-state index contributed by atoms with van der Waals surface area (Å²) in [5, 5.41) is 3.40. The number of hydrogen-bond acceptors (Lipinski definition) is 10. The van der Waals surface area contributed by atoms with Gasteiger partial charge in [-0.15, -0.1) is 23.1 Å². The topological polar surface area (TPSA) is 148 Å². The third-order valence-corrected chi connectivity index (χ3v) is 7.65. The predicted octanol–water partition coefficient (Wildman–Crippen LogP) is -6.64. The first-order valence-electron chi connectivity index (χ1n) is 8.32. The maximum Gasteiger partial charge on any atom is 1.00 e. The van der Waals surface area contributed by atoms with E-state index in [0.29, 0.717) is 0 Å². The molecule has 0 bridgehead atoms. The van der Waals surface area contributed by atoms with E-state index >= 15 is 0 Å². The van der Waals surface area contributed by atoms with Gasteiger partial charge < -0.3 is 29.1 Å². The fourth-order valence-electron chi connectivity index (χ4n) is 3.12. The molecule has 3 rings (SSSR count). The summed E-state index contributed by atoms with van der Waals surface area (Å²) in [6, 6.07) is 3.55. The Labute approximate surface area is 231 Å². The van der Waals surface area contributed by atoms with Gasteiger partial charge in [-0.05, 0) is 19.0 Å². The maximum atomic E-state index is 12.9. The van der Waals surface area contributed by atoms with Crippen LogP contribution in [0.3, 0.4) is 0 Å². The van der Waals surface area contributed by atoms with Crippen molar-refractivity contribution in [3.63, 3.8) is 0 Å². The first-order chi connectivity index (χ1) is 13.6. The molecule has 1 fully saturated rings. The largest absolute Gasteiger partial charge is 1.00 e. The van der Waals surface area contributed by atoms with Gasteiger partial charge in [0.15, 0.2) is 0 Å². The van der Waals surface area contributed by atoms with E-state index in [1.807, 2.05) is 5.38 Å². The Hall–Kier alpha value is 0.310. The van der Waals surface area contributed by atoms with E-state index in [-0.39, 0.29) is 76.9 Å². The maximum absolute atomic E-state index is 12.9. The standard InChI is InChI=1S/C16H19N2O8PS2.2Na/c1-9(19)26-7-10-8-29-15-16(25-2,14(21)18(15)13(10)27(22,23)24)17-12(20)6-11-4-3-5-28-11;;/h3-5,15H,6-8H2,1-2H3,(H,17,20)(H2,22,23,24);;/q;2*+1/p-2/t15-,16+;;/m1../s1. The second-order valence-electron chi connectivity index (χ2n) is 6.29. The number of amides is 2.